The average molecular weight is 324 g/mol. The number of carbonyl (C=O) groups excluding carboxylic acids is 1. The molecule has 0 spiro atoms. The van der Waals surface area contributed by atoms with E-state index in [1.165, 1.54) is 12.1 Å². The summed E-state index contributed by atoms with van der Waals surface area (Å²) in [4.78, 5) is 11.9. The number of rotatable bonds is 3. The third-order valence-corrected chi connectivity index (χ3v) is 2.83. The van der Waals surface area contributed by atoms with Gasteiger partial charge in [0, 0.05) is 11.4 Å². The molecule has 0 aliphatic rings. The van der Waals surface area contributed by atoms with Crippen LogP contribution < -0.4 is 15.4 Å². The van der Waals surface area contributed by atoms with Crippen molar-refractivity contribution in [1.29, 1.82) is 0 Å². The Bertz CT molecular complexity index is 677. The first-order valence-electron chi connectivity index (χ1n) is 6.73. The second-order valence-corrected chi connectivity index (χ2v) is 5.03. The predicted octanol–water partition coefficient (Wildman–Crippen LogP) is 4.85. The summed E-state index contributed by atoms with van der Waals surface area (Å²) in [6.07, 6.45) is -4.74. The number of urea groups is 1. The highest BCUT2D eigenvalue weighted by Gasteiger charge is 2.30. The first kappa shape index (κ1) is 16.7. The number of benzene rings is 2. The number of alkyl halides is 3. The van der Waals surface area contributed by atoms with Crippen LogP contribution in [0.5, 0.6) is 5.75 Å². The summed E-state index contributed by atoms with van der Waals surface area (Å²) < 4.78 is 39.9. The molecule has 0 saturated carbocycles. The zero-order valence-electron chi connectivity index (χ0n) is 12.5. The van der Waals surface area contributed by atoms with E-state index in [0.717, 1.165) is 23.3 Å². The van der Waals surface area contributed by atoms with Crippen LogP contribution >= 0.6 is 0 Å². The SMILES string of the molecule is Cc1cc(C)cc(NC(=O)Nc2ccc(OC(F)(F)F)cc2)c1. The average Bonchev–Trinajstić information content (AvgIpc) is 2.38. The highest BCUT2D eigenvalue weighted by Crippen LogP contribution is 2.24. The lowest BCUT2D eigenvalue weighted by atomic mass is 10.1. The molecule has 0 bridgehead atoms. The van der Waals surface area contributed by atoms with Gasteiger partial charge in [0.25, 0.3) is 0 Å². The number of ether oxygens (including phenoxy) is 1. The van der Waals surface area contributed by atoms with E-state index >= 15 is 0 Å². The maximum atomic E-state index is 12.1. The van der Waals surface area contributed by atoms with Gasteiger partial charge in [-0.25, -0.2) is 4.79 Å². The summed E-state index contributed by atoms with van der Waals surface area (Å²) in [6.45, 7) is 3.82. The molecule has 2 rings (SSSR count). The second-order valence-electron chi connectivity index (χ2n) is 5.03. The summed E-state index contributed by atoms with van der Waals surface area (Å²) in [5.41, 5.74) is 3.00. The van der Waals surface area contributed by atoms with Crippen molar-refractivity contribution in [3.05, 3.63) is 53.6 Å². The van der Waals surface area contributed by atoms with Gasteiger partial charge in [-0.05, 0) is 61.4 Å². The summed E-state index contributed by atoms with van der Waals surface area (Å²) in [6, 6.07) is 10.0. The normalized spacial score (nSPS) is 11.0. The van der Waals surface area contributed by atoms with E-state index in [4.69, 9.17) is 0 Å². The molecule has 2 aromatic carbocycles. The van der Waals surface area contributed by atoms with Crippen molar-refractivity contribution in [3.63, 3.8) is 0 Å². The first-order chi connectivity index (χ1) is 10.7. The number of hydrogen-bond acceptors (Lipinski definition) is 2. The topological polar surface area (TPSA) is 50.4 Å². The smallest absolute Gasteiger partial charge is 0.406 e. The molecular weight excluding hydrogens is 309 g/mol. The predicted molar refractivity (Wildman–Crippen MR) is 81.7 cm³/mol. The lowest BCUT2D eigenvalue weighted by Crippen LogP contribution is -2.20. The van der Waals surface area contributed by atoms with Gasteiger partial charge >= 0.3 is 12.4 Å². The molecule has 4 nitrogen and oxygen atoms in total. The van der Waals surface area contributed by atoms with Gasteiger partial charge in [0.15, 0.2) is 0 Å². The van der Waals surface area contributed by atoms with Crippen LogP contribution in [-0.2, 0) is 0 Å². The van der Waals surface area contributed by atoms with E-state index in [-0.39, 0.29) is 5.75 Å². The van der Waals surface area contributed by atoms with Crippen molar-refractivity contribution in [2.75, 3.05) is 10.6 Å². The van der Waals surface area contributed by atoms with Crippen molar-refractivity contribution < 1.29 is 22.7 Å². The van der Waals surface area contributed by atoms with E-state index in [2.05, 4.69) is 15.4 Å². The van der Waals surface area contributed by atoms with E-state index < -0.39 is 12.4 Å². The van der Waals surface area contributed by atoms with Crippen molar-refractivity contribution >= 4 is 17.4 Å². The molecule has 23 heavy (non-hydrogen) atoms. The Balaban J connectivity index is 1.97. The summed E-state index contributed by atoms with van der Waals surface area (Å²) >= 11 is 0. The summed E-state index contributed by atoms with van der Waals surface area (Å²) in [5, 5.41) is 5.20. The minimum absolute atomic E-state index is 0.349. The van der Waals surface area contributed by atoms with E-state index in [0.29, 0.717) is 11.4 Å². The van der Waals surface area contributed by atoms with Crippen LogP contribution in [0.3, 0.4) is 0 Å². The minimum atomic E-state index is -4.74. The number of hydrogen-bond donors (Lipinski definition) is 2. The molecule has 0 fully saturated rings. The molecule has 2 N–H and O–H groups in total. The van der Waals surface area contributed by atoms with Crippen molar-refractivity contribution in [2.24, 2.45) is 0 Å². The van der Waals surface area contributed by atoms with Crippen LogP contribution in [0.2, 0.25) is 0 Å². The molecule has 0 heterocycles. The fraction of sp³-hybridized carbons (Fsp3) is 0.188. The van der Waals surface area contributed by atoms with Gasteiger partial charge in [-0.2, -0.15) is 0 Å². The number of aryl methyl sites for hydroxylation is 2. The van der Waals surface area contributed by atoms with Crippen LogP contribution in [0, 0.1) is 13.8 Å². The molecule has 2 aromatic rings. The lowest BCUT2D eigenvalue weighted by molar-refractivity contribution is -0.274. The maximum Gasteiger partial charge on any atom is 0.573 e. The van der Waals surface area contributed by atoms with Crippen LogP contribution in [0.4, 0.5) is 29.3 Å². The fourth-order valence-electron chi connectivity index (χ4n) is 2.08. The molecule has 0 aliphatic carbocycles. The van der Waals surface area contributed by atoms with Gasteiger partial charge in [-0.15, -0.1) is 13.2 Å². The molecule has 0 unspecified atom stereocenters. The summed E-state index contributed by atoms with van der Waals surface area (Å²) in [5.74, 6) is -0.349. The van der Waals surface area contributed by atoms with Crippen LogP contribution in [-0.4, -0.2) is 12.4 Å². The number of nitrogens with one attached hydrogen (secondary N) is 2. The zero-order valence-corrected chi connectivity index (χ0v) is 12.5. The van der Waals surface area contributed by atoms with Gasteiger partial charge in [-0.3, -0.25) is 0 Å². The Labute approximate surface area is 131 Å². The van der Waals surface area contributed by atoms with Crippen LogP contribution in [0.1, 0.15) is 11.1 Å². The molecule has 122 valence electrons. The van der Waals surface area contributed by atoms with Crippen LogP contribution in [0.25, 0.3) is 0 Å². The monoisotopic (exact) mass is 324 g/mol. The third kappa shape index (κ3) is 5.54. The quantitative estimate of drug-likeness (QED) is 0.848. The van der Waals surface area contributed by atoms with Gasteiger partial charge in [0.1, 0.15) is 5.75 Å². The minimum Gasteiger partial charge on any atom is -0.406 e. The highest BCUT2D eigenvalue weighted by molar-refractivity contribution is 5.99. The molecule has 0 radical (unpaired) electrons. The van der Waals surface area contributed by atoms with E-state index in [1.54, 1.807) is 0 Å². The number of halogens is 3. The highest BCUT2D eigenvalue weighted by atomic mass is 19.4. The second kappa shape index (κ2) is 6.60. The Hall–Kier alpha value is -2.70. The Morgan fingerprint density at radius 2 is 1.43 bits per heavy atom. The molecule has 0 aliphatic heterocycles. The maximum absolute atomic E-state index is 12.1. The van der Waals surface area contributed by atoms with Crippen molar-refractivity contribution in [2.45, 2.75) is 20.2 Å². The molecular formula is C16H15F3N2O2. The molecule has 0 saturated heterocycles. The largest absolute Gasteiger partial charge is 0.573 e. The standard InChI is InChI=1S/C16H15F3N2O2/c1-10-7-11(2)9-13(8-10)21-15(22)20-12-3-5-14(6-4-12)23-16(17,18)19/h3-9H,1-2H3,(H2,20,21,22). The Morgan fingerprint density at radius 1 is 0.913 bits per heavy atom. The lowest BCUT2D eigenvalue weighted by Gasteiger charge is -2.11. The van der Waals surface area contributed by atoms with Crippen molar-refractivity contribution in [3.8, 4) is 5.75 Å². The number of anilines is 2. The Kier molecular flexibility index (Phi) is 4.78. The zero-order chi connectivity index (χ0) is 17.0. The van der Waals surface area contributed by atoms with E-state index in [9.17, 15) is 18.0 Å². The molecule has 2 amide bonds. The molecule has 0 aromatic heterocycles. The van der Waals surface area contributed by atoms with Crippen molar-refractivity contribution in [1.82, 2.24) is 0 Å². The van der Waals surface area contributed by atoms with Gasteiger partial charge in [0.05, 0.1) is 0 Å². The first-order valence-corrected chi connectivity index (χ1v) is 6.73. The van der Waals surface area contributed by atoms with Gasteiger partial charge in [-0.1, -0.05) is 6.07 Å². The Morgan fingerprint density at radius 3 is 1.96 bits per heavy atom. The molecule has 0 atom stereocenters. The fourth-order valence-corrected chi connectivity index (χ4v) is 2.08. The van der Waals surface area contributed by atoms with Crippen LogP contribution in [0.15, 0.2) is 42.5 Å². The number of carbonyl (C=O) groups is 1. The third-order valence-electron chi connectivity index (χ3n) is 2.83. The van der Waals surface area contributed by atoms with Gasteiger partial charge < -0.3 is 15.4 Å². The summed E-state index contributed by atoms with van der Waals surface area (Å²) in [7, 11) is 0. The van der Waals surface area contributed by atoms with Gasteiger partial charge in [0.2, 0.25) is 0 Å². The van der Waals surface area contributed by atoms with E-state index in [1.807, 2.05) is 32.0 Å². The molecule has 7 heteroatoms. The number of amides is 2.